The standard InChI is InChI=1S/C71H58N2O2/c1-69(2,3)58-31-17-27-52-54-29-19-33-61(67(54)74-65(52)58)72(45-21-11-9-12-22-45)47-36-35-43-40-57-60(41-44(43)39-47)71(7,8)64-51-38-37-48(42-56(51)49-25-15-16-26-50(49)63(57)64)73(46-23-13-10-14-24-46)62-34-20-30-55-53-28-18-32-59(70(4,5)6)66(53)75-68(55)62/h9-42H,1-8H3. The molecule has 0 radical (unpaired) electrons. The van der Waals surface area contributed by atoms with Gasteiger partial charge in [-0.05, 0) is 138 Å². The summed E-state index contributed by atoms with van der Waals surface area (Å²) in [5.41, 5.74) is 17.3. The van der Waals surface area contributed by atoms with Gasteiger partial charge in [-0.25, -0.2) is 0 Å². The molecular formula is C71H58N2O2. The molecule has 0 N–H and O–H groups in total. The van der Waals surface area contributed by atoms with Gasteiger partial charge < -0.3 is 18.6 Å². The molecule has 0 bridgehead atoms. The maximum Gasteiger partial charge on any atom is 0.159 e. The molecule has 0 atom stereocenters. The van der Waals surface area contributed by atoms with Crippen molar-refractivity contribution in [3.8, 4) is 11.1 Å². The third-order valence-electron chi connectivity index (χ3n) is 16.2. The number of fused-ring (bicyclic) bond motifs is 15. The van der Waals surface area contributed by atoms with E-state index in [1.54, 1.807) is 0 Å². The molecule has 14 rings (SSSR count). The van der Waals surface area contributed by atoms with Crippen molar-refractivity contribution >= 4 is 110 Å². The lowest BCUT2D eigenvalue weighted by Crippen LogP contribution is -2.16. The van der Waals surface area contributed by atoms with E-state index in [1.165, 1.54) is 65.7 Å². The largest absolute Gasteiger partial charge is 0.454 e. The quantitative estimate of drug-likeness (QED) is 0.155. The third kappa shape index (κ3) is 6.82. The summed E-state index contributed by atoms with van der Waals surface area (Å²) in [7, 11) is 0. The summed E-state index contributed by atoms with van der Waals surface area (Å²) >= 11 is 0. The SMILES string of the molecule is CC(C)(C)c1cccc2c1oc1c(N(c3ccccc3)c3ccc4cc5c(cc4c3)C(C)(C)c3c-5c4ccccc4c4cc(N(c5ccccc5)c5cccc6c5oc5c(C(C)(C)C)cccc56)ccc34)cccc12. The van der Waals surface area contributed by atoms with Gasteiger partial charge in [0.1, 0.15) is 11.2 Å². The molecule has 0 fully saturated rings. The molecule has 0 saturated carbocycles. The van der Waals surface area contributed by atoms with E-state index in [0.717, 1.165) is 78.0 Å². The molecule has 4 nitrogen and oxygen atoms in total. The van der Waals surface area contributed by atoms with Crippen molar-refractivity contribution in [1.29, 1.82) is 0 Å². The highest BCUT2D eigenvalue weighted by Gasteiger charge is 2.39. The van der Waals surface area contributed by atoms with Gasteiger partial charge in [-0.1, -0.05) is 189 Å². The lowest BCUT2D eigenvalue weighted by atomic mass is 9.79. The predicted molar refractivity (Wildman–Crippen MR) is 318 cm³/mol. The second-order valence-electron chi connectivity index (χ2n) is 23.3. The van der Waals surface area contributed by atoms with Crippen LogP contribution in [-0.4, -0.2) is 0 Å². The van der Waals surface area contributed by atoms with Crippen molar-refractivity contribution in [1.82, 2.24) is 0 Å². The molecule has 0 saturated heterocycles. The molecule has 2 heterocycles. The Morgan fingerprint density at radius 3 is 1.36 bits per heavy atom. The third-order valence-corrected chi connectivity index (χ3v) is 16.2. The summed E-state index contributed by atoms with van der Waals surface area (Å²) in [6.45, 7) is 18.4. The number of para-hydroxylation sites is 6. The highest BCUT2D eigenvalue weighted by Crippen LogP contribution is 2.57. The number of anilines is 6. The molecule has 11 aromatic carbocycles. The van der Waals surface area contributed by atoms with E-state index in [1.807, 2.05) is 0 Å². The van der Waals surface area contributed by atoms with Crippen molar-refractivity contribution in [2.75, 3.05) is 9.80 Å². The molecule has 364 valence electrons. The zero-order valence-corrected chi connectivity index (χ0v) is 43.8. The maximum absolute atomic E-state index is 7.04. The Labute approximate surface area is 438 Å². The van der Waals surface area contributed by atoms with E-state index in [4.69, 9.17) is 8.83 Å². The molecule has 13 aromatic rings. The van der Waals surface area contributed by atoms with Gasteiger partial charge in [0.15, 0.2) is 11.2 Å². The summed E-state index contributed by atoms with van der Waals surface area (Å²) in [4.78, 5) is 4.74. The first-order valence-corrected chi connectivity index (χ1v) is 26.4. The summed E-state index contributed by atoms with van der Waals surface area (Å²) in [5, 5.41) is 11.9. The summed E-state index contributed by atoms with van der Waals surface area (Å²) < 4.78 is 14.0. The Hall–Kier alpha value is -8.60. The number of rotatable bonds is 6. The van der Waals surface area contributed by atoms with Crippen molar-refractivity contribution < 1.29 is 8.83 Å². The monoisotopic (exact) mass is 970 g/mol. The number of furan rings is 2. The van der Waals surface area contributed by atoms with Gasteiger partial charge in [-0.2, -0.15) is 0 Å². The van der Waals surface area contributed by atoms with E-state index in [9.17, 15) is 0 Å². The Morgan fingerprint density at radius 1 is 0.347 bits per heavy atom. The van der Waals surface area contributed by atoms with Crippen LogP contribution in [0.5, 0.6) is 0 Å². The minimum absolute atomic E-state index is 0.0759. The average molecular weight is 971 g/mol. The average Bonchev–Trinajstić information content (AvgIpc) is 4.08. The normalized spacial score (nSPS) is 13.4. The summed E-state index contributed by atoms with van der Waals surface area (Å²) in [5.74, 6) is 0. The Bertz CT molecular complexity index is 4470. The van der Waals surface area contributed by atoms with Crippen molar-refractivity contribution in [2.24, 2.45) is 0 Å². The predicted octanol–water partition coefficient (Wildman–Crippen LogP) is 20.8. The van der Waals surface area contributed by atoms with Gasteiger partial charge in [-0.15, -0.1) is 0 Å². The fourth-order valence-electron chi connectivity index (χ4n) is 12.7. The first-order chi connectivity index (χ1) is 36.2. The number of hydrogen-bond donors (Lipinski definition) is 0. The molecule has 1 aliphatic carbocycles. The van der Waals surface area contributed by atoms with Crippen LogP contribution in [0.25, 0.3) is 87.3 Å². The molecule has 0 unspecified atom stereocenters. The van der Waals surface area contributed by atoms with Crippen molar-refractivity contribution in [2.45, 2.75) is 71.6 Å². The van der Waals surface area contributed by atoms with Gasteiger partial charge in [0.05, 0.1) is 11.4 Å². The number of hydrogen-bond acceptors (Lipinski definition) is 4. The maximum atomic E-state index is 7.04. The van der Waals surface area contributed by atoms with E-state index in [-0.39, 0.29) is 16.2 Å². The lowest BCUT2D eigenvalue weighted by Gasteiger charge is -2.28. The minimum atomic E-state index is -0.313. The fraction of sp³-hybridized carbons (Fsp3) is 0.155. The van der Waals surface area contributed by atoms with Gasteiger partial charge in [0.2, 0.25) is 0 Å². The number of nitrogens with zero attached hydrogens (tertiary/aromatic N) is 2. The lowest BCUT2D eigenvalue weighted by molar-refractivity contribution is 0.572. The van der Waals surface area contributed by atoms with Crippen LogP contribution in [-0.2, 0) is 16.2 Å². The Balaban J connectivity index is 0.936. The summed E-state index contributed by atoms with van der Waals surface area (Å²) in [6, 6.07) is 75.7. The van der Waals surface area contributed by atoms with Gasteiger partial charge in [0.25, 0.3) is 0 Å². The van der Waals surface area contributed by atoms with Gasteiger partial charge in [0, 0.05) is 60.8 Å². The molecular weight excluding hydrogens is 913 g/mol. The highest BCUT2D eigenvalue weighted by molar-refractivity contribution is 6.20. The van der Waals surface area contributed by atoms with Crippen LogP contribution in [0.3, 0.4) is 0 Å². The van der Waals surface area contributed by atoms with Crippen molar-refractivity contribution in [3.63, 3.8) is 0 Å². The second-order valence-corrected chi connectivity index (χ2v) is 23.3. The molecule has 1 aliphatic rings. The smallest absolute Gasteiger partial charge is 0.159 e. The molecule has 0 spiro atoms. The number of benzene rings is 11. The van der Waals surface area contributed by atoms with Crippen LogP contribution in [0.4, 0.5) is 34.1 Å². The molecule has 0 amide bonds. The Kier molecular flexibility index (Phi) is 9.73. The second kappa shape index (κ2) is 16.2. The van der Waals surface area contributed by atoms with E-state index in [2.05, 4.69) is 271 Å². The first-order valence-electron chi connectivity index (χ1n) is 26.4. The summed E-state index contributed by atoms with van der Waals surface area (Å²) in [6.07, 6.45) is 0. The molecule has 2 aromatic heterocycles. The van der Waals surface area contributed by atoms with Crippen LogP contribution in [0, 0.1) is 0 Å². The van der Waals surface area contributed by atoms with Crippen LogP contribution in [0.15, 0.2) is 215 Å². The van der Waals surface area contributed by atoms with E-state index in [0.29, 0.717) is 0 Å². The molecule has 4 heteroatoms. The van der Waals surface area contributed by atoms with E-state index < -0.39 is 0 Å². The highest BCUT2D eigenvalue weighted by atomic mass is 16.3. The van der Waals surface area contributed by atoms with E-state index >= 15 is 0 Å². The minimum Gasteiger partial charge on any atom is -0.454 e. The zero-order valence-electron chi connectivity index (χ0n) is 43.8. The zero-order chi connectivity index (χ0) is 51.1. The first kappa shape index (κ1) is 45.0. The molecule has 75 heavy (non-hydrogen) atoms. The van der Waals surface area contributed by atoms with Crippen LogP contribution in [0.1, 0.15) is 77.6 Å². The van der Waals surface area contributed by atoms with Gasteiger partial charge >= 0.3 is 0 Å². The topological polar surface area (TPSA) is 32.8 Å². The Morgan fingerprint density at radius 2 is 0.813 bits per heavy atom. The van der Waals surface area contributed by atoms with Crippen molar-refractivity contribution in [3.05, 3.63) is 229 Å². The van der Waals surface area contributed by atoms with Crippen LogP contribution < -0.4 is 9.80 Å². The van der Waals surface area contributed by atoms with Gasteiger partial charge in [-0.3, -0.25) is 0 Å². The molecule has 0 aliphatic heterocycles. The van der Waals surface area contributed by atoms with Crippen LogP contribution >= 0.6 is 0 Å². The van der Waals surface area contributed by atoms with Crippen LogP contribution in [0.2, 0.25) is 0 Å². The fourth-order valence-corrected chi connectivity index (χ4v) is 12.7.